The number of benzene rings is 2. The van der Waals surface area contributed by atoms with Crippen molar-refractivity contribution in [1.82, 2.24) is 9.78 Å². The number of aromatic nitrogens is 2. The van der Waals surface area contributed by atoms with Crippen molar-refractivity contribution in [3.8, 4) is 5.75 Å². The molecular formula is C21H18F3N3O6S. The Hall–Kier alpha value is -3.71. The normalized spacial score (nSPS) is 11.9. The van der Waals surface area contributed by atoms with Crippen LogP contribution >= 0.6 is 0 Å². The molecule has 0 saturated carbocycles. The molecule has 1 aromatic heterocycles. The van der Waals surface area contributed by atoms with Crippen LogP contribution in [-0.4, -0.2) is 35.1 Å². The van der Waals surface area contributed by atoms with Crippen molar-refractivity contribution in [1.29, 1.82) is 0 Å². The van der Waals surface area contributed by atoms with Gasteiger partial charge < -0.3 is 9.84 Å². The fourth-order valence-electron chi connectivity index (χ4n) is 3.23. The Morgan fingerprint density at radius 1 is 1.12 bits per heavy atom. The number of aryl methyl sites for hydroxylation is 1. The number of nitrogens with zero attached hydrogens (tertiary/aromatic N) is 2. The minimum Gasteiger partial charge on any atom is -0.487 e. The third kappa shape index (κ3) is 5.43. The molecule has 0 spiro atoms. The smallest absolute Gasteiger partial charge is 0.416 e. The number of carbonyl (C=O) groups is 2. The van der Waals surface area contributed by atoms with Gasteiger partial charge in [0.1, 0.15) is 12.4 Å². The number of ether oxygens (including phenoxy) is 1. The van der Waals surface area contributed by atoms with E-state index in [0.717, 1.165) is 36.4 Å². The minimum atomic E-state index is -4.50. The molecule has 3 rings (SSSR count). The first-order chi connectivity index (χ1) is 15.8. The molecule has 3 N–H and O–H groups in total. The van der Waals surface area contributed by atoms with E-state index in [1.165, 1.54) is 24.0 Å². The van der Waals surface area contributed by atoms with Crippen LogP contribution in [0.5, 0.6) is 5.75 Å². The molecule has 0 saturated heterocycles. The third-order valence-electron chi connectivity index (χ3n) is 4.93. The zero-order valence-electron chi connectivity index (χ0n) is 17.5. The van der Waals surface area contributed by atoms with Gasteiger partial charge in [0.15, 0.2) is 5.78 Å². The van der Waals surface area contributed by atoms with Crippen molar-refractivity contribution in [3.05, 3.63) is 76.6 Å². The molecule has 0 aliphatic rings. The van der Waals surface area contributed by atoms with Crippen molar-refractivity contribution in [2.75, 3.05) is 0 Å². The molecule has 0 amide bonds. The SMILES string of the molecule is Cn1ncc(C(=O)Cc2c(C(=O)O)cccc2S(N)(=O)=O)c1COc1ccc(C(F)(F)F)cc1. The Bertz CT molecular complexity index is 1350. The second-order valence-corrected chi connectivity index (χ2v) is 8.70. The molecule has 0 unspecified atom stereocenters. The largest absolute Gasteiger partial charge is 0.487 e. The number of carboxylic acid groups (broad SMARTS) is 1. The summed E-state index contributed by atoms with van der Waals surface area (Å²) in [5, 5.41) is 18.6. The maximum Gasteiger partial charge on any atom is 0.416 e. The number of rotatable bonds is 8. The highest BCUT2D eigenvalue weighted by atomic mass is 32.2. The van der Waals surface area contributed by atoms with Crippen molar-refractivity contribution < 1.29 is 41.0 Å². The maximum absolute atomic E-state index is 13.0. The summed E-state index contributed by atoms with van der Waals surface area (Å²) in [5.41, 5.74) is -1.25. The molecule has 13 heteroatoms. The second-order valence-electron chi connectivity index (χ2n) is 7.17. The lowest BCUT2D eigenvalue weighted by molar-refractivity contribution is -0.137. The van der Waals surface area contributed by atoms with Gasteiger partial charge in [0.2, 0.25) is 10.0 Å². The van der Waals surface area contributed by atoms with Crippen LogP contribution in [0.15, 0.2) is 53.6 Å². The Kier molecular flexibility index (Phi) is 6.79. The molecule has 3 aromatic rings. The fraction of sp³-hybridized carbons (Fsp3) is 0.190. The number of nitrogens with two attached hydrogens (primary N) is 1. The van der Waals surface area contributed by atoms with E-state index in [0.29, 0.717) is 0 Å². The van der Waals surface area contributed by atoms with Crippen molar-refractivity contribution >= 4 is 21.8 Å². The van der Waals surface area contributed by atoms with Crippen molar-refractivity contribution in [2.24, 2.45) is 12.2 Å². The molecule has 9 nitrogen and oxygen atoms in total. The van der Waals surface area contributed by atoms with Crippen LogP contribution in [-0.2, 0) is 36.3 Å². The summed E-state index contributed by atoms with van der Waals surface area (Å²) in [6.07, 6.45) is -3.90. The van der Waals surface area contributed by atoms with Gasteiger partial charge in [-0.2, -0.15) is 18.3 Å². The molecule has 0 aliphatic heterocycles. The van der Waals surface area contributed by atoms with Crippen LogP contribution in [0.2, 0.25) is 0 Å². The molecule has 2 aromatic carbocycles. The number of primary sulfonamides is 1. The van der Waals surface area contributed by atoms with E-state index >= 15 is 0 Å². The van der Waals surface area contributed by atoms with Crippen LogP contribution < -0.4 is 9.88 Å². The number of alkyl halides is 3. The first kappa shape index (κ1) is 24.9. The lowest BCUT2D eigenvalue weighted by Gasteiger charge is -2.12. The molecular weight excluding hydrogens is 479 g/mol. The predicted molar refractivity (Wildman–Crippen MR) is 112 cm³/mol. The highest BCUT2D eigenvalue weighted by Gasteiger charge is 2.30. The number of carboxylic acids is 1. The van der Waals surface area contributed by atoms with Gasteiger partial charge in [0.05, 0.1) is 33.5 Å². The first-order valence-electron chi connectivity index (χ1n) is 9.51. The molecule has 1 heterocycles. The number of sulfonamides is 1. The van der Waals surface area contributed by atoms with Gasteiger partial charge in [0.25, 0.3) is 0 Å². The second kappa shape index (κ2) is 9.27. The van der Waals surface area contributed by atoms with Gasteiger partial charge in [-0.1, -0.05) is 6.07 Å². The van der Waals surface area contributed by atoms with Gasteiger partial charge in [-0.15, -0.1) is 0 Å². The molecule has 0 atom stereocenters. The van der Waals surface area contributed by atoms with Crippen LogP contribution in [0, 0.1) is 0 Å². The number of aromatic carboxylic acids is 1. The molecule has 34 heavy (non-hydrogen) atoms. The lowest BCUT2D eigenvalue weighted by atomic mass is 9.99. The summed E-state index contributed by atoms with van der Waals surface area (Å²) >= 11 is 0. The molecule has 0 radical (unpaired) electrons. The number of hydrogen-bond acceptors (Lipinski definition) is 6. The van der Waals surface area contributed by atoms with Gasteiger partial charge in [0, 0.05) is 13.5 Å². The van der Waals surface area contributed by atoms with Gasteiger partial charge in [-0.3, -0.25) is 9.48 Å². The zero-order valence-corrected chi connectivity index (χ0v) is 18.4. The van der Waals surface area contributed by atoms with E-state index in [9.17, 15) is 36.3 Å². The Balaban J connectivity index is 1.87. The lowest BCUT2D eigenvalue weighted by Crippen LogP contribution is -2.19. The van der Waals surface area contributed by atoms with Crippen LogP contribution in [0.3, 0.4) is 0 Å². The van der Waals surface area contributed by atoms with Crippen LogP contribution in [0.1, 0.15) is 37.5 Å². The number of hydrogen-bond donors (Lipinski definition) is 2. The van der Waals surface area contributed by atoms with Crippen LogP contribution in [0.25, 0.3) is 0 Å². The molecule has 0 bridgehead atoms. The quantitative estimate of drug-likeness (QED) is 0.456. The molecule has 0 fully saturated rings. The molecule has 180 valence electrons. The first-order valence-corrected chi connectivity index (χ1v) is 11.1. The van der Waals surface area contributed by atoms with E-state index in [1.807, 2.05) is 0 Å². The average molecular weight is 497 g/mol. The van der Waals surface area contributed by atoms with Gasteiger partial charge >= 0.3 is 12.1 Å². The fourth-order valence-corrected chi connectivity index (χ4v) is 4.02. The van der Waals surface area contributed by atoms with Crippen molar-refractivity contribution in [2.45, 2.75) is 24.1 Å². The number of ketones is 1. The highest BCUT2D eigenvalue weighted by molar-refractivity contribution is 7.89. The van der Waals surface area contributed by atoms with Gasteiger partial charge in [-0.05, 0) is 42.0 Å². The van der Waals surface area contributed by atoms with E-state index in [2.05, 4.69) is 5.10 Å². The minimum absolute atomic E-state index is 0.0231. The summed E-state index contributed by atoms with van der Waals surface area (Å²) in [4.78, 5) is 24.1. The number of halogens is 3. The van der Waals surface area contributed by atoms with E-state index < -0.39 is 50.4 Å². The van der Waals surface area contributed by atoms with Crippen LogP contribution in [0.4, 0.5) is 13.2 Å². The maximum atomic E-state index is 13.0. The molecule has 0 aliphatic carbocycles. The summed E-state index contributed by atoms with van der Waals surface area (Å²) in [6, 6.07) is 7.40. The van der Waals surface area contributed by atoms with E-state index in [-0.39, 0.29) is 29.2 Å². The topological polar surface area (TPSA) is 142 Å². The summed E-state index contributed by atoms with van der Waals surface area (Å²) in [7, 11) is -2.82. The highest BCUT2D eigenvalue weighted by Crippen LogP contribution is 2.30. The van der Waals surface area contributed by atoms with Gasteiger partial charge in [-0.25, -0.2) is 18.4 Å². The number of Topliss-reactive ketones (excluding diaryl/α,β-unsaturated/α-hetero) is 1. The Labute approximate surface area is 191 Å². The number of carbonyl (C=O) groups excluding carboxylic acids is 1. The predicted octanol–water partition coefficient (Wildman–Crippen LogP) is 2.79. The van der Waals surface area contributed by atoms with E-state index in [4.69, 9.17) is 9.88 Å². The summed E-state index contributed by atoms with van der Waals surface area (Å²) < 4.78 is 68.8. The summed E-state index contributed by atoms with van der Waals surface area (Å²) in [5.74, 6) is -1.98. The van der Waals surface area contributed by atoms with E-state index in [1.54, 1.807) is 0 Å². The monoisotopic (exact) mass is 497 g/mol. The standard InChI is InChI=1S/C21H18F3N3O6S/c1-27-17(11-33-13-7-5-12(6-8-13)21(22,23)24)16(10-26-27)18(28)9-15-14(20(29)30)3-2-4-19(15)34(25,31)32/h2-8,10H,9,11H2,1H3,(H,29,30)(H2,25,31,32). The summed E-state index contributed by atoms with van der Waals surface area (Å²) in [6.45, 7) is -0.244. The van der Waals surface area contributed by atoms with Crippen molar-refractivity contribution in [3.63, 3.8) is 0 Å². The Morgan fingerprint density at radius 2 is 1.76 bits per heavy atom. The Morgan fingerprint density at radius 3 is 2.32 bits per heavy atom. The zero-order chi connectivity index (χ0) is 25.3. The third-order valence-corrected chi connectivity index (χ3v) is 5.92. The average Bonchev–Trinajstić information content (AvgIpc) is 3.11.